The van der Waals surface area contributed by atoms with Gasteiger partial charge in [0.25, 0.3) is 0 Å². The SMILES string of the molecule is CC1c2ccccc2CCN1c1cnc(-c2ncccn2)nc1. The van der Waals surface area contributed by atoms with Crippen LogP contribution in [0, 0.1) is 0 Å². The summed E-state index contributed by atoms with van der Waals surface area (Å²) >= 11 is 0. The van der Waals surface area contributed by atoms with E-state index in [-0.39, 0.29) is 0 Å². The first-order chi connectivity index (χ1) is 11.3. The van der Waals surface area contributed by atoms with Crippen molar-refractivity contribution in [3.8, 4) is 11.6 Å². The summed E-state index contributed by atoms with van der Waals surface area (Å²) in [7, 11) is 0. The van der Waals surface area contributed by atoms with Crippen LogP contribution in [0.1, 0.15) is 24.1 Å². The van der Waals surface area contributed by atoms with E-state index < -0.39 is 0 Å². The van der Waals surface area contributed by atoms with E-state index in [2.05, 4.69) is 56.0 Å². The van der Waals surface area contributed by atoms with E-state index in [1.54, 1.807) is 18.5 Å². The summed E-state index contributed by atoms with van der Waals surface area (Å²) in [5.41, 5.74) is 3.85. The van der Waals surface area contributed by atoms with E-state index in [0.29, 0.717) is 17.7 Å². The fraction of sp³-hybridized carbons (Fsp3) is 0.222. The molecular formula is C18H17N5. The molecule has 0 N–H and O–H groups in total. The van der Waals surface area contributed by atoms with Gasteiger partial charge in [0.1, 0.15) is 0 Å². The molecule has 1 aromatic carbocycles. The molecule has 23 heavy (non-hydrogen) atoms. The molecule has 3 aromatic rings. The third-order valence-electron chi connectivity index (χ3n) is 4.33. The van der Waals surface area contributed by atoms with Gasteiger partial charge in [0, 0.05) is 18.9 Å². The number of nitrogens with zero attached hydrogens (tertiary/aromatic N) is 5. The molecule has 0 bridgehead atoms. The highest BCUT2D eigenvalue weighted by Gasteiger charge is 2.24. The molecule has 3 heterocycles. The number of fused-ring (bicyclic) bond motifs is 1. The summed E-state index contributed by atoms with van der Waals surface area (Å²) in [6.07, 6.45) is 8.17. The Labute approximate surface area is 135 Å². The lowest BCUT2D eigenvalue weighted by molar-refractivity contribution is 0.622. The number of hydrogen-bond donors (Lipinski definition) is 0. The topological polar surface area (TPSA) is 54.8 Å². The number of anilines is 1. The van der Waals surface area contributed by atoms with Gasteiger partial charge in [-0.3, -0.25) is 0 Å². The Hall–Kier alpha value is -2.82. The lowest BCUT2D eigenvalue weighted by Crippen LogP contribution is -2.34. The predicted molar refractivity (Wildman–Crippen MR) is 89.0 cm³/mol. The first-order valence-electron chi connectivity index (χ1n) is 7.77. The maximum atomic E-state index is 4.44. The summed E-state index contributed by atoms with van der Waals surface area (Å²) in [6.45, 7) is 3.20. The Balaban J connectivity index is 1.62. The minimum absolute atomic E-state index is 0.322. The van der Waals surface area contributed by atoms with Crippen LogP contribution < -0.4 is 4.90 Å². The maximum Gasteiger partial charge on any atom is 0.197 e. The molecule has 1 atom stereocenters. The molecule has 1 aliphatic heterocycles. The summed E-state index contributed by atoms with van der Waals surface area (Å²) < 4.78 is 0. The fourth-order valence-electron chi connectivity index (χ4n) is 3.12. The lowest BCUT2D eigenvalue weighted by Gasteiger charge is -2.36. The third-order valence-corrected chi connectivity index (χ3v) is 4.33. The van der Waals surface area contributed by atoms with Crippen molar-refractivity contribution in [2.75, 3.05) is 11.4 Å². The van der Waals surface area contributed by atoms with Crippen LogP contribution in [-0.2, 0) is 6.42 Å². The average molecular weight is 303 g/mol. The Morgan fingerprint density at radius 1 is 0.913 bits per heavy atom. The second kappa shape index (κ2) is 5.76. The van der Waals surface area contributed by atoms with Gasteiger partial charge in [0.15, 0.2) is 11.6 Å². The summed E-state index contributed by atoms with van der Waals surface area (Å²) in [5.74, 6) is 1.11. The minimum Gasteiger partial charge on any atom is -0.362 e. The van der Waals surface area contributed by atoms with Crippen molar-refractivity contribution in [1.29, 1.82) is 0 Å². The van der Waals surface area contributed by atoms with E-state index >= 15 is 0 Å². The fourth-order valence-corrected chi connectivity index (χ4v) is 3.12. The highest BCUT2D eigenvalue weighted by atomic mass is 15.2. The smallest absolute Gasteiger partial charge is 0.197 e. The molecule has 0 amide bonds. The van der Waals surface area contributed by atoms with E-state index in [4.69, 9.17) is 0 Å². The van der Waals surface area contributed by atoms with Crippen LogP contribution in [0.4, 0.5) is 5.69 Å². The molecule has 0 spiro atoms. The van der Waals surface area contributed by atoms with Crippen LogP contribution in [0.5, 0.6) is 0 Å². The standard InChI is InChI=1S/C18H17N5/c1-13-16-6-3-2-5-14(16)7-10-23(13)15-11-21-18(22-12-15)17-19-8-4-9-20-17/h2-6,8-9,11-13H,7,10H2,1H3. The van der Waals surface area contributed by atoms with Crippen molar-refractivity contribution in [3.05, 3.63) is 66.2 Å². The Morgan fingerprint density at radius 2 is 1.61 bits per heavy atom. The maximum absolute atomic E-state index is 4.44. The number of aromatic nitrogens is 4. The molecular weight excluding hydrogens is 286 g/mol. The van der Waals surface area contributed by atoms with Crippen LogP contribution in [0.15, 0.2) is 55.1 Å². The second-order valence-electron chi connectivity index (χ2n) is 5.66. The highest BCUT2D eigenvalue weighted by molar-refractivity contribution is 5.52. The zero-order chi connectivity index (χ0) is 15.6. The van der Waals surface area contributed by atoms with Crippen molar-refractivity contribution >= 4 is 5.69 Å². The van der Waals surface area contributed by atoms with Crippen molar-refractivity contribution in [2.24, 2.45) is 0 Å². The van der Waals surface area contributed by atoms with Gasteiger partial charge in [-0.15, -0.1) is 0 Å². The van der Waals surface area contributed by atoms with Gasteiger partial charge in [-0.1, -0.05) is 24.3 Å². The highest BCUT2D eigenvalue weighted by Crippen LogP contribution is 2.32. The van der Waals surface area contributed by atoms with Crippen molar-refractivity contribution in [2.45, 2.75) is 19.4 Å². The third kappa shape index (κ3) is 2.54. The Bertz CT molecular complexity index is 801. The van der Waals surface area contributed by atoms with E-state index in [0.717, 1.165) is 18.7 Å². The molecule has 1 aliphatic rings. The lowest BCUT2D eigenvalue weighted by atomic mass is 9.93. The van der Waals surface area contributed by atoms with E-state index in [1.807, 2.05) is 12.4 Å². The molecule has 0 aliphatic carbocycles. The van der Waals surface area contributed by atoms with Crippen molar-refractivity contribution < 1.29 is 0 Å². The van der Waals surface area contributed by atoms with Crippen LogP contribution in [0.25, 0.3) is 11.6 Å². The normalized spacial score (nSPS) is 16.9. The van der Waals surface area contributed by atoms with Gasteiger partial charge >= 0.3 is 0 Å². The minimum atomic E-state index is 0.322. The first-order valence-corrected chi connectivity index (χ1v) is 7.77. The molecule has 4 rings (SSSR count). The molecule has 0 saturated heterocycles. The molecule has 1 unspecified atom stereocenters. The molecule has 5 heteroatoms. The molecule has 0 radical (unpaired) electrons. The van der Waals surface area contributed by atoms with Crippen molar-refractivity contribution in [1.82, 2.24) is 19.9 Å². The summed E-state index contributed by atoms with van der Waals surface area (Å²) in [6, 6.07) is 10.7. The van der Waals surface area contributed by atoms with Gasteiger partial charge in [-0.25, -0.2) is 19.9 Å². The molecule has 0 saturated carbocycles. The molecule has 5 nitrogen and oxygen atoms in total. The quantitative estimate of drug-likeness (QED) is 0.728. The Kier molecular flexibility index (Phi) is 3.46. The van der Waals surface area contributed by atoms with Gasteiger partial charge in [-0.05, 0) is 30.5 Å². The van der Waals surface area contributed by atoms with Gasteiger partial charge < -0.3 is 4.90 Å². The molecule has 0 fully saturated rings. The van der Waals surface area contributed by atoms with Gasteiger partial charge in [0.2, 0.25) is 0 Å². The van der Waals surface area contributed by atoms with Gasteiger partial charge in [0.05, 0.1) is 24.1 Å². The average Bonchev–Trinajstić information content (AvgIpc) is 2.63. The zero-order valence-electron chi connectivity index (χ0n) is 12.9. The predicted octanol–water partition coefficient (Wildman–Crippen LogP) is 3.06. The molecule has 114 valence electrons. The van der Waals surface area contributed by atoms with Gasteiger partial charge in [-0.2, -0.15) is 0 Å². The largest absolute Gasteiger partial charge is 0.362 e. The van der Waals surface area contributed by atoms with Crippen LogP contribution >= 0.6 is 0 Å². The molecule has 2 aromatic heterocycles. The van der Waals surface area contributed by atoms with Crippen LogP contribution in [0.3, 0.4) is 0 Å². The number of hydrogen-bond acceptors (Lipinski definition) is 5. The summed E-state index contributed by atoms with van der Waals surface area (Å²) in [4.78, 5) is 19.6. The number of rotatable bonds is 2. The van der Waals surface area contributed by atoms with E-state index in [9.17, 15) is 0 Å². The van der Waals surface area contributed by atoms with Crippen LogP contribution in [0.2, 0.25) is 0 Å². The van der Waals surface area contributed by atoms with Crippen LogP contribution in [-0.4, -0.2) is 26.5 Å². The van der Waals surface area contributed by atoms with Crippen molar-refractivity contribution in [3.63, 3.8) is 0 Å². The van der Waals surface area contributed by atoms with E-state index in [1.165, 1.54) is 11.1 Å². The zero-order valence-corrected chi connectivity index (χ0v) is 12.9. The number of benzene rings is 1. The monoisotopic (exact) mass is 303 g/mol. The first kappa shape index (κ1) is 13.8. The second-order valence-corrected chi connectivity index (χ2v) is 5.66. The Morgan fingerprint density at radius 3 is 2.39 bits per heavy atom. The summed E-state index contributed by atoms with van der Waals surface area (Å²) in [5, 5.41) is 0.